The van der Waals surface area contributed by atoms with Crippen LogP contribution < -0.4 is 15.1 Å². The average molecular weight is 500 g/mol. The number of hydrogen-bond acceptors (Lipinski definition) is 8. The van der Waals surface area contributed by atoms with Gasteiger partial charge in [-0.3, -0.25) is 9.69 Å². The normalized spacial score (nSPS) is 18.7. The van der Waals surface area contributed by atoms with Gasteiger partial charge in [-0.2, -0.15) is 0 Å². The standard InChI is InChI=1S/C23H26FN7O3S/c1-15(32)25-13-18-14-30(23(33)34-18)17-4-5-21(20(24)11-17)29-8-6-16(7-9-29)31-22(26-27-28-31)12-19-3-2-10-35-19/h2-5,10-11,16,18H,6-9,12-14H2,1H3,(H,25,32)/t18-/m0/s1. The highest BCUT2D eigenvalue weighted by atomic mass is 32.1. The molecule has 2 aliphatic heterocycles. The van der Waals surface area contributed by atoms with Crippen LogP contribution in [0.25, 0.3) is 0 Å². The lowest BCUT2D eigenvalue weighted by molar-refractivity contribution is -0.119. The molecule has 1 N–H and O–H groups in total. The van der Waals surface area contributed by atoms with Crippen molar-refractivity contribution in [2.75, 3.05) is 36.0 Å². The van der Waals surface area contributed by atoms with Crippen molar-refractivity contribution in [1.29, 1.82) is 0 Å². The van der Waals surface area contributed by atoms with Gasteiger partial charge in [-0.15, -0.1) is 16.4 Å². The summed E-state index contributed by atoms with van der Waals surface area (Å²) in [5.41, 5.74) is 0.938. The zero-order chi connectivity index (χ0) is 24.4. The molecule has 2 aromatic heterocycles. The predicted octanol–water partition coefficient (Wildman–Crippen LogP) is 2.77. The number of carbonyl (C=O) groups is 2. The number of ether oxygens (including phenoxy) is 1. The number of thiophene rings is 1. The van der Waals surface area contributed by atoms with Crippen molar-refractivity contribution in [1.82, 2.24) is 25.5 Å². The number of benzene rings is 1. The summed E-state index contributed by atoms with van der Waals surface area (Å²) in [5, 5.41) is 17.0. The molecule has 2 aliphatic rings. The zero-order valence-electron chi connectivity index (χ0n) is 19.3. The van der Waals surface area contributed by atoms with Crippen molar-refractivity contribution in [3.05, 3.63) is 52.2 Å². The Morgan fingerprint density at radius 3 is 2.83 bits per heavy atom. The molecule has 35 heavy (non-hydrogen) atoms. The first-order valence-corrected chi connectivity index (χ1v) is 12.4. The second-order valence-corrected chi connectivity index (χ2v) is 9.74. The summed E-state index contributed by atoms with van der Waals surface area (Å²) in [6, 6.07) is 9.06. The van der Waals surface area contributed by atoms with Gasteiger partial charge in [-0.25, -0.2) is 13.9 Å². The van der Waals surface area contributed by atoms with Crippen molar-refractivity contribution in [3.8, 4) is 0 Å². The minimum Gasteiger partial charge on any atom is -0.442 e. The molecule has 0 bridgehead atoms. The number of piperidine rings is 1. The Labute approximate surface area is 205 Å². The Kier molecular flexibility index (Phi) is 6.62. The predicted molar refractivity (Wildman–Crippen MR) is 128 cm³/mol. The molecule has 10 nitrogen and oxygen atoms in total. The summed E-state index contributed by atoms with van der Waals surface area (Å²) in [7, 11) is 0. The summed E-state index contributed by atoms with van der Waals surface area (Å²) >= 11 is 1.68. The average Bonchev–Trinajstić information content (AvgIpc) is 3.60. The summed E-state index contributed by atoms with van der Waals surface area (Å²) in [6.45, 7) is 3.22. The van der Waals surface area contributed by atoms with Crippen molar-refractivity contribution in [2.45, 2.75) is 38.3 Å². The molecular formula is C23H26FN7O3S. The van der Waals surface area contributed by atoms with E-state index < -0.39 is 12.2 Å². The van der Waals surface area contributed by atoms with Crippen LogP contribution in [0.15, 0.2) is 35.7 Å². The fourth-order valence-corrected chi connectivity index (χ4v) is 5.25. The van der Waals surface area contributed by atoms with Gasteiger partial charge >= 0.3 is 6.09 Å². The maximum atomic E-state index is 15.1. The fourth-order valence-electron chi connectivity index (χ4n) is 4.55. The SMILES string of the molecule is CC(=O)NC[C@H]1CN(c2ccc(N3CCC(n4nnnc4Cc4cccs4)CC3)c(F)c2)C(=O)O1. The third-order valence-electron chi connectivity index (χ3n) is 6.32. The van der Waals surface area contributed by atoms with Crippen molar-refractivity contribution < 1.29 is 18.7 Å². The largest absolute Gasteiger partial charge is 0.442 e. The van der Waals surface area contributed by atoms with Gasteiger partial charge in [-0.1, -0.05) is 6.07 Å². The Bertz CT molecular complexity index is 1190. The van der Waals surface area contributed by atoms with Gasteiger partial charge in [0.05, 0.1) is 30.5 Å². The minimum absolute atomic E-state index is 0.165. The Hall–Kier alpha value is -3.54. The summed E-state index contributed by atoms with van der Waals surface area (Å²) < 4.78 is 22.3. The second-order valence-electron chi connectivity index (χ2n) is 8.70. The molecule has 0 saturated carbocycles. The monoisotopic (exact) mass is 499 g/mol. The number of anilines is 2. The van der Waals surface area contributed by atoms with E-state index in [-0.39, 0.29) is 30.9 Å². The first-order chi connectivity index (χ1) is 17.0. The van der Waals surface area contributed by atoms with E-state index in [0.29, 0.717) is 30.9 Å². The highest BCUT2D eigenvalue weighted by Crippen LogP contribution is 2.32. The molecule has 3 aromatic rings. The highest BCUT2D eigenvalue weighted by Gasteiger charge is 2.33. The molecule has 0 unspecified atom stereocenters. The van der Waals surface area contributed by atoms with E-state index in [4.69, 9.17) is 4.74 Å². The third-order valence-corrected chi connectivity index (χ3v) is 7.20. The fraction of sp³-hybridized carbons (Fsp3) is 0.435. The number of halogens is 1. The quantitative estimate of drug-likeness (QED) is 0.533. The molecule has 2 saturated heterocycles. The summed E-state index contributed by atoms with van der Waals surface area (Å²) in [5.74, 6) is 0.257. The maximum Gasteiger partial charge on any atom is 0.414 e. The first kappa shape index (κ1) is 23.2. The molecule has 184 valence electrons. The number of hydrogen-bond donors (Lipinski definition) is 1. The number of tetrazole rings is 1. The lowest BCUT2D eigenvalue weighted by atomic mass is 10.0. The van der Waals surface area contributed by atoms with E-state index in [9.17, 15) is 9.59 Å². The molecule has 5 rings (SSSR count). The third kappa shape index (κ3) is 5.11. The number of nitrogens with one attached hydrogen (secondary N) is 1. The number of aromatic nitrogens is 4. The summed E-state index contributed by atoms with van der Waals surface area (Å²) in [6.07, 6.45) is 1.28. The molecule has 1 aromatic carbocycles. The van der Waals surface area contributed by atoms with Crippen LogP contribution in [-0.2, 0) is 16.0 Å². The van der Waals surface area contributed by atoms with Crippen LogP contribution in [0.5, 0.6) is 0 Å². The molecule has 0 aliphatic carbocycles. The smallest absolute Gasteiger partial charge is 0.414 e. The first-order valence-electron chi connectivity index (χ1n) is 11.5. The molecule has 0 spiro atoms. The van der Waals surface area contributed by atoms with E-state index in [1.165, 1.54) is 22.8 Å². The molecule has 4 heterocycles. The molecule has 2 amide bonds. The molecule has 2 fully saturated rings. The number of cyclic esters (lactones) is 1. The molecule has 0 radical (unpaired) electrons. The van der Waals surface area contributed by atoms with E-state index in [1.54, 1.807) is 23.5 Å². The van der Waals surface area contributed by atoms with Gasteiger partial charge in [-0.05, 0) is 52.9 Å². The van der Waals surface area contributed by atoms with E-state index in [0.717, 1.165) is 18.7 Å². The van der Waals surface area contributed by atoms with Gasteiger partial charge in [0, 0.05) is 31.3 Å². The lowest BCUT2D eigenvalue weighted by Crippen LogP contribution is -2.36. The van der Waals surface area contributed by atoms with Crippen LogP contribution >= 0.6 is 11.3 Å². The molecule has 1 atom stereocenters. The topological polar surface area (TPSA) is 105 Å². The maximum absolute atomic E-state index is 15.1. The van der Waals surface area contributed by atoms with Crippen LogP contribution in [0, 0.1) is 5.82 Å². The van der Waals surface area contributed by atoms with Crippen LogP contribution in [0.4, 0.5) is 20.6 Å². The number of amides is 2. The van der Waals surface area contributed by atoms with Gasteiger partial charge < -0.3 is 15.0 Å². The van der Waals surface area contributed by atoms with E-state index in [1.807, 2.05) is 21.0 Å². The Balaban J connectivity index is 1.21. The second kappa shape index (κ2) is 9.98. The minimum atomic E-state index is -0.548. The van der Waals surface area contributed by atoms with Crippen LogP contribution in [0.2, 0.25) is 0 Å². The summed E-state index contributed by atoms with van der Waals surface area (Å²) in [4.78, 5) is 28.0. The van der Waals surface area contributed by atoms with Crippen molar-refractivity contribution in [3.63, 3.8) is 0 Å². The zero-order valence-corrected chi connectivity index (χ0v) is 20.1. The van der Waals surface area contributed by atoms with Crippen LogP contribution in [-0.4, -0.2) is 64.5 Å². The highest BCUT2D eigenvalue weighted by molar-refractivity contribution is 7.09. The lowest BCUT2D eigenvalue weighted by Gasteiger charge is -2.34. The van der Waals surface area contributed by atoms with Gasteiger partial charge in [0.25, 0.3) is 0 Å². The molecular weight excluding hydrogens is 473 g/mol. The number of carbonyl (C=O) groups excluding carboxylic acids is 2. The van der Waals surface area contributed by atoms with Gasteiger partial charge in [0.1, 0.15) is 11.9 Å². The van der Waals surface area contributed by atoms with Crippen LogP contribution in [0.3, 0.4) is 0 Å². The van der Waals surface area contributed by atoms with Crippen molar-refractivity contribution >= 4 is 34.7 Å². The Morgan fingerprint density at radius 1 is 1.29 bits per heavy atom. The number of nitrogens with zero attached hydrogens (tertiary/aromatic N) is 6. The number of rotatable bonds is 7. The van der Waals surface area contributed by atoms with Crippen molar-refractivity contribution in [2.24, 2.45) is 0 Å². The van der Waals surface area contributed by atoms with Gasteiger partial charge in [0.15, 0.2) is 5.82 Å². The molecule has 12 heteroatoms. The van der Waals surface area contributed by atoms with E-state index >= 15 is 4.39 Å². The van der Waals surface area contributed by atoms with Crippen LogP contribution in [0.1, 0.15) is 36.5 Å². The van der Waals surface area contributed by atoms with E-state index in [2.05, 4.69) is 26.9 Å². The Morgan fingerprint density at radius 2 is 2.11 bits per heavy atom. The van der Waals surface area contributed by atoms with Gasteiger partial charge in [0.2, 0.25) is 5.91 Å².